The number of halogens is 2. The molecule has 0 atom stereocenters. The van der Waals surface area contributed by atoms with Gasteiger partial charge in [0.2, 0.25) is 0 Å². The first kappa shape index (κ1) is 9.97. The highest BCUT2D eigenvalue weighted by Crippen LogP contribution is 2.34. The molecule has 0 fully saturated rings. The summed E-state index contributed by atoms with van der Waals surface area (Å²) in [5.74, 6) is 0. The zero-order chi connectivity index (χ0) is 8.97. The zero-order valence-electron chi connectivity index (χ0n) is 6.55. The lowest BCUT2D eigenvalue weighted by Crippen LogP contribution is -1.77. The third-order valence-electron chi connectivity index (χ3n) is 1.43. The van der Waals surface area contributed by atoms with E-state index < -0.39 is 0 Å². The Kier molecular flexibility index (Phi) is 3.99. The van der Waals surface area contributed by atoms with Crippen LogP contribution in [0.3, 0.4) is 0 Å². The molecule has 12 heavy (non-hydrogen) atoms. The fourth-order valence-electron chi connectivity index (χ4n) is 0.886. The highest BCUT2D eigenvalue weighted by atomic mass is 35.7. The van der Waals surface area contributed by atoms with E-state index in [1.807, 2.05) is 37.3 Å². The molecule has 0 aromatic heterocycles. The first-order valence-corrected chi connectivity index (χ1v) is 5.48. The van der Waals surface area contributed by atoms with Gasteiger partial charge < -0.3 is 0 Å². The van der Waals surface area contributed by atoms with Gasteiger partial charge in [-0.25, -0.2) is 0 Å². The van der Waals surface area contributed by atoms with Gasteiger partial charge in [0.15, 0.2) is 0 Å². The van der Waals surface area contributed by atoms with Crippen molar-refractivity contribution in [3.05, 3.63) is 40.9 Å². The van der Waals surface area contributed by atoms with Crippen molar-refractivity contribution in [2.45, 2.75) is 6.92 Å². The smallest absolute Gasteiger partial charge is 0.0448 e. The van der Waals surface area contributed by atoms with Crippen molar-refractivity contribution in [2.24, 2.45) is 0 Å². The Morgan fingerprint density at radius 2 is 1.83 bits per heavy atom. The fraction of sp³-hybridized carbons (Fsp3) is 0.111. The minimum atomic E-state index is 0.723. The number of benzene rings is 1. The molecule has 0 spiro atoms. The van der Waals surface area contributed by atoms with Crippen LogP contribution in [0.25, 0.3) is 4.91 Å². The summed E-state index contributed by atoms with van der Waals surface area (Å²) < 4.78 is 0. The van der Waals surface area contributed by atoms with Crippen molar-refractivity contribution in [1.82, 2.24) is 0 Å². The third-order valence-corrected chi connectivity index (χ3v) is 2.89. The molecule has 0 aliphatic rings. The topological polar surface area (TPSA) is 0 Å². The van der Waals surface area contributed by atoms with Crippen LogP contribution >= 0.6 is 33.3 Å². The molecule has 1 rings (SSSR count). The van der Waals surface area contributed by atoms with Crippen molar-refractivity contribution < 1.29 is 0 Å². The SMILES string of the molecule is C/C(Cl)=C(/SCl)c1ccccc1. The molecule has 1 aromatic carbocycles. The van der Waals surface area contributed by atoms with Gasteiger partial charge in [0, 0.05) is 9.94 Å². The average Bonchev–Trinajstić information content (AvgIpc) is 2.07. The largest absolute Gasteiger partial charge is 0.0882 e. The van der Waals surface area contributed by atoms with Crippen molar-refractivity contribution in [1.29, 1.82) is 0 Å². The second-order valence-corrected chi connectivity index (χ2v) is 3.90. The summed E-state index contributed by atoms with van der Waals surface area (Å²) >= 11 is 5.85. The first-order valence-electron chi connectivity index (χ1n) is 3.46. The van der Waals surface area contributed by atoms with Gasteiger partial charge in [-0.2, -0.15) is 0 Å². The maximum atomic E-state index is 5.85. The van der Waals surface area contributed by atoms with Gasteiger partial charge in [-0.3, -0.25) is 0 Å². The van der Waals surface area contributed by atoms with E-state index in [0.29, 0.717) is 0 Å². The normalized spacial score (nSPS) is 12.6. The Morgan fingerprint density at radius 3 is 2.25 bits per heavy atom. The maximum absolute atomic E-state index is 5.85. The van der Waals surface area contributed by atoms with Gasteiger partial charge in [-0.1, -0.05) is 41.9 Å². The number of rotatable bonds is 2. The third kappa shape index (κ3) is 2.44. The monoisotopic (exact) mass is 218 g/mol. The van der Waals surface area contributed by atoms with Gasteiger partial charge in [0.05, 0.1) is 0 Å². The van der Waals surface area contributed by atoms with Gasteiger partial charge >= 0.3 is 0 Å². The molecule has 0 heterocycles. The van der Waals surface area contributed by atoms with Crippen LogP contribution in [0.1, 0.15) is 12.5 Å². The van der Waals surface area contributed by atoms with Crippen molar-refractivity contribution in [3.63, 3.8) is 0 Å². The molecule has 0 nitrogen and oxygen atoms in total. The quantitative estimate of drug-likeness (QED) is 0.705. The van der Waals surface area contributed by atoms with Gasteiger partial charge in [0.25, 0.3) is 0 Å². The fourth-order valence-corrected chi connectivity index (χ4v) is 2.18. The Labute approximate surface area is 86.1 Å². The van der Waals surface area contributed by atoms with E-state index in [1.54, 1.807) is 0 Å². The van der Waals surface area contributed by atoms with E-state index in [0.717, 1.165) is 26.5 Å². The summed E-state index contributed by atoms with van der Waals surface area (Å²) in [6.07, 6.45) is 0. The van der Waals surface area contributed by atoms with E-state index >= 15 is 0 Å². The van der Waals surface area contributed by atoms with Gasteiger partial charge in [0.1, 0.15) is 0 Å². The molecule has 0 aliphatic carbocycles. The Balaban J connectivity index is 3.05. The van der Waals surface area contributed by atoms with Gasteiger partial charge in [-0.15, -0.1) is 0 Å². The molecule has 0 bridgehead atoms. The van der Waals surface area contributed by atoms with E-state index in [2.05, 4.69) is 0 Å². The van der Waals surface area contributed by atoms with Crippen LogP contribution in [0.2, 0.25) is 0 Å². The predicted octanol–water partition coefficient (Wildman–Crippen LogP) is 4.50. The molecular weight excluding hydrogens is 211 g/mol. The molecule has 64 valence electrons. The molecule has 0 N–H and O–H groups in total. The highest BCUT2D eigenvalue weighted by molar-refractivity contribution is 8.28. The van der Waals surface area contributed by atoms with Gasteiger partial charge in [-0.05, 0) is 34.1 Å². The summed E-state index contributed by atoms with van der Waals surface area (Å²) in [5, 5.41) is 0.723. The zero-order valence-corrected chi connectivity index (χ0v) is 8.88. The van der Waals surface area contributed by atoms with Crippen LogP contribution in [0.5, 0.6) is 0 Å². The van der Waals surface area contributed by atoms with E-state index in [1.165, 1.54) is 0 Å². The molecule has 0 aliphatic heterocycles. The van der Waals surface area contributed by atoms with Crippen LogP contribution in [0.4, 0.5) is 0 Å². The second kappa shape index (κ2) is 4.80. The predicted molar refractivity (Wildman–Crippen MR) is 58.3 cm³/mol. The molecule has 0 amide bonds. The molecular formula is C9H8Cl2S. The second-order valence-electron chi connectivity index (χ2n) is 2.31. The van der Waals surface area contributed by atoms with Crippen molar-refractivity contribution >= 4 is 38.2 Å². The molecule has 0 radical (unpaired) electrons. The lowest BCUT2D eigenvalue weighted by molar-refractivity contribution is 1.61. The standard InChI is InChI=1S/C9H8Cl2S/c1-7(10)9(12-11)8-5-3-2-4-6-8/h2-6H,1H3/b9-7-. The first-order chi connectivity index (χ1) is 5.75. The average molecular weight is 219 g/mol. The minimum absolute atomic E-state index is 0.723. The Morgan fingerprint density at radius 1 is 1.25 bits per heavy atom. The van der Waals surface area contributed by atoms with Crippen molar-refractivity contribution in [3.8, 4) is 0 Å². The number of hydrogen-bond acceptors (Lipinski definition) is 1. The summed E-state index contributed by atoms with van der Waals surface area (Å²) in [5.41, 5.74) is 1.06. The van der Waals surface area contributed by atoms with Crippen LogP contribution in [-0.4, -0.2) is 0 Å². The lowest BCUT2D eigenvalue weighted by atomic mass is 10.2. The molecule has 0 saturated carbocycles. The highest BCUT2D eigenvalue weighted by Gasteiger charge is 2.02. The van der Waals surface area contributed by atoms with E-state index in [-0.39, 0.29) is 0 Å². The van der Waals surface area contributed by atoms with E-state index in [4.69, 9.17) is 22.3 Å². The van der Waals surface area contributed by atoms with Crippen molar-refractivity contribution in [2.75, 3.05) is 0 Å². The molecule has 0 unspecified atom stereocenters. The summed E-state index contributed by atoms with van der Waals surface area (Å²) in [7, 11) is 6.82. The molecule has 3 heteroatoms. The summed E-state index contributed by atoms with van der Waals surface area (Å²) in [6.45, 7) is 1.83. The Bertz CT molecular complexity index is 276. The van der Waals surface area contributed by atoms with Crippen LogP contribution < -0.4 is 0 Å². The minimum Gasteiger partial charge on any atom is -0.0882 e. The number of hydrogen-bond donors (Lipinski definition) is 0. The van der Waals surface area contributed by atoms with Crippen LogP contribution in [0, 0.1) is 0 Å². The number of allylic oxidation sites excluding steroid dienone is 1. The summed E-state index contributed by atoms with van der Waals surface area (Å²) in [4.78, 5) is 0.916. The summed E-state index contributed by atoms with van der Waals surface area (Å²) in [6, 6.07) is 9.85. The molecule has 0 saturated heterocycles. The van der Waals surface area contributed by atoms with E-state index in [9.17, 15) is 0 Å². The van der Waals surface area contributed by atoms with Crippen LogP contribution in [-0.2, 0) is 0 Å². The molecule has 1 aromatic rings. The lowest BCUT2D eigenvalue weighted by Gasteiger charge is -2.02. The van der Waals surface area contributed by atoms with Crippen LogP contribution in [0.15, 0.2) is 35.4 Å². The maximum Gasteiger partial charge on any atom is 0.0448 e. The Hall–Kier alpha value is -0.110.